The molecular weight excluding hydrogens is 230 g/mol. The topological polar surface area (TPSA) is 92.6 Å². The Labute approximate surface area is 106 Å². The van der Waals surface area contributed by atoms with Gasteiger partial charge in [0.1, 0.15) is 0 Å². The average Bonchev–Trinajstić information content (AvgIpc) is 2.78. The number of nitrogens with two attached hydrogens (primary N) is 2. The number of hydrogen-bond acceptors (Lipinski definition) is 4. The Morgan fingerprint density at radius 2 is 2.11 bits per heavy atom. The number of amides is 1. The van der Waals surface area contributed by atoms with Crippen LogP contribution in [0, 0.1) is 5.92 Å². The van der Waals surface area contributed by atoms with Crippen LogP contribution in [0.15, 0.2) is 24.3 Å². The van der Waals surface area contributed by atoms with E-state index in [-0.39, 0.29) is 11.8 Å². The molecule has 1 amide bonds. The summed E-state index contributed by atoms with van der Waals surface area (Å²) in [6.45, 7) is 1.97. The zero-order chi connectivity index (χ0) is 13.1. The molecule has 2 atom stereocenters. The molecule has 0 bridgehead atoms. The van der Waals surface area contributed by atoms with Gasteiger partial charge in [-0.15, -0.1) is 0 Å². The lowest BCUT2D eigenvalue weighted by atomic mass is 10.1. The fourth-order valence-electron chi connectivity index (χ4n) is 2.30. The number of likely N-dealkylation sites (tertiary alicyclic amines) is 1. The van der Waals surface area contributed by atoms with E-state index in [1.165, 1.54) is 0 Å². The summed E-state index contributed by atoms with van der Waals surface area (Å²) in [6.07, 6.45) is 0.223. The number of rotatable bonds is 4. The van der Waals surface area contributed by atoms with E-state index in [0.29, 0.717) is 18.8 Å². The summed E-state index contributed by atoms with van der Waals surface area (Å²) >= 11 is 0. The van der Waals surface area contributed by atoms with E-state index in [2.05, 4.69) is 4.90 Å². The summed E-state index contributed by atoms with van der Waals surface area (Å²) in [7, 11) is 0. The molecule has 1 aromatic carbocycles. The van der Waals surface area contributed by atoms with E-state index in [1.54, 1.807) is 12.1 Å². The van der Waals surface area contributed by atoms with Gasteiger partial charge in [0.15, 0.2) is 0 Å². The Kier molecular flexibility index (Phi) is 3.84. The lowest BCUT2D eigenvalue weighted by Crippen LogP contribution is -2.30. The SMILES string of the molecule is NC(=O)C1CCN(CC(O)c2ccc(N)cc2)C1. The first kappa shape index (κ1) is 12.9. The fourth-order valence-corrected chi connectivity index (χ4v) is 2.30. The Hall–Kier alpha value is -1.59. The number of aliphatic hydroxyl groups is 1. The number of benzene rings is 1. The van der Waals surface area contributed by atoms with Crippen LogP contribution in [0.25, 0.3) is 0 Å². The molecule has 0 spiro atoms. The Morgan fingerprint density at radius 1 is 1.44 bits per heavy atom. The molecule has 5 heteroatoms. The van der Waals surface area contributed by atoms with Crippen LogP contribution in [-0.2, 0) is 4.79 Å². The third-order valence-electron chi connectivity index (χ3n) is 3.43. The van der Waals surface area contributed by atoms with Gasteiger partial charge in [-0.3, -0.25) is 9.69 Å². The van der Waals surface area contributed by atoms with Crippen LogP contribution in [0.1, 0.15) is 18.1 Å². The van der Waals surface area contributed by atoms with E-state index in [4.69, 9.17) is 11.5 Å². The second kappa shape index (κ2) is 5.37. The van der Waals surface area contributed by atoms with E-state index in [9.17, 15) is 9.90 Å². The van der Waals surface area contributed by atoms with Crippen LogP contribution in [0.5, 0.6) is 0 Å². The monoisotopic (exact) mass is 249 g/mol. The van der Waals surface area contributed by atoms with Crippen molar-refractivity contribution in [2.24, 2.45) is 11.7 Å². The zero-order valence-corrected chi connectivity index (χ0v) is 10.2. The molecule has 0 aliphatic carbocycles. The maximum Gasteiger partial charge on any atom is 0.221 e. The van der Waals surface area contributed by atoms with Gasteiger partial charge < -0.3 is 16.6 Å². The first-order valence-electron chi connectivity index (χ1n) is 6.11. The molecule has 1 fully saturated rings. The first-order valence-corrected chi connectivity index (χ1v) is 6.11. The molecule has 1 saturated heterocycles. The molecular formula is C13H19N3O2. The van der Waals surface area contributed by atoms with Gasteiger partial charge in [-0.2, -0.15) is 0 Å². The zero-order valence-electron chi connectivity index (χ0n) is 10.2. The lowest BCUT2D eigenvalue weighted by Gasteiger charge is -2.20. The van der Waals surface area contributed by atoms with Gasteiger partial charge in [-0.05, 0) is 30.7 Å². The number of hydrogen-bond donors (Lipinski definition) is 3. The molecule has 1 heterocycles. The first-order chi connectivity index (χ1) is 8.56. The van der Waals surface area contributed by atoms with Crippen molar-refractivity contribution >= 4 is 11.6 Å². The van der Waals surface area contributed by atoms with E-state index in [0.717, 1.165) is 18.5 Å². The van der Waals surface area contributed by atoms with Gasteiger partial charge in [0.2, 0.25) is 5.91 Å². The second-order valence-electron chi connectivity index (χ2n) is 4.83. The summed E-state index contributed by atoms with van der Waals surface area (Å²) in [5.41, 5.74) is 12.4. The summed E-state index contributed by atoms with van der Waals surface area (Å²) in [5, 5.41) is 10.1. The third-order valence-corrected chi connectivity index (χ3v) is 3.43. The molecule has 2 rings (SSSR count). The van der Waals surface area contributed by atoms with Crippen LogP contribution in [0.2, 0.25) is 0 Å². The number of β-amino-alcohol motifs (C(OH)–C–C–N with tert-alkyl or cyclic N) is 1. The minimum absolute atomic E-state index is 0.0800. The van der Waals surface area contributed by atoms with E-state index < -0.39 is 6.10 Å². The van der Waals surface area contributed by atoms with Crippen LogP contribution < -0.4 is 11.5 Å². The lowest BCUT2D eigenvalue weighted by molar-refractivity contribution is -0.121. The van der Waals surface area contributed by atoms with Crippen molar-refractivity contribution in [3.63, 3.8) is 0 Å². The molecule has 0 saturated carbocycles. The van der Waals surface area contributed by atoms with Crippen LogP contribution in [0.3, 0.4) is 0 Å². The van der Waals surface area contributed by atoms with Crippen LogP contribution in [-0.4, -0.2) is 35.5 Å². The molecule has 5 nitrogen and oxygen atoms in total. The highest BCUT2D eigenvalue weighted by atomic mass is 16.3. The second-order valence-corrected chi connectivity index (χ2v) is 4.83. The van der Waals surface area contributed by atoms with Crippen molar-refractivity contribution in [3.8, 4) is 0 Å². The highest BCUT2D eigenvalue weighted by Crippen LogP contribution is 2.21. The van der Waals surface area contributed by atoms with E-state index in [1.807, 2.05) is 12.1 Å². The predicted molar refractivity (Wildman–Crippen MR) is 69.6 cm³/mol. The maximum absolute atomic E-state index is 11.1. The molecule has 1 aliphatic heterocycles. The number of primary amides is 1. The number of carbonyl (C=O) groups excluding carboxylic acids is 1. The van der Waals surface area contributed by atoms with Crippen LogP contribution >= 0.6 is 0 Å². The number of anilines is 1. The number of nitrogens with zero attached hydrogens (tertiary/aromatic N) is 1. The van der Waals surface area contributed by atoms with Gasteiger partial charge in [0.25, 0.3) is 0 Å². The van der Waals surface area contributed by atoms with Crippen molar-refractivity contribution in [2.45, 2.75) is 12.5 Å². The van der Waals surface area contributed by atoms with Gasteiger partial charge in [0, 0.05) is 18.8 Å². The van der Waals surface area contributed by atoms with Crippen molar-refractivity contribution in [1.29, 1.82) is 0 Å². The summed E-state index contributed by atoms with van der Waals surface area (Å²) in [4.78, 5) is 13.1. The Morgan fingerprint density at radius 3 is 2.67 bits per heavy atom. The average molecular weight is 249 g/mol. The van der Waals surface area contributed by atoms with Gasteiger partial charge in [0.05, 0.1) is 12.0 Å². The molecule has 98 valence electrons. The third kappa shape index (κ3) is 3.00. The molecule has 2 unspecified atom stereocenters. The molecule has 18 heavy (non-hydrogen) atoms. The maximum atomic E-state index is 11.1. The number of carbonyl (C=O) groups is 1. The molecule has 1 aromatic rings. The van der Waals surface area contributed by atoms with Crippen molar-refractivity contribution in [3.05, 3.63) is 29.8 Å². The smallest absolute Gasteiger partial charge is 0.221 e. The summed E-state index contributed by atoms with van der Waals surface area (Å²) in [5.74, 6) is -0.330. The van der Waals surface area contributed by atoms with Gasteiger partial charge in [-0.25, -0.2) is 0 Å². The Balaban J connectivity index is 1.90. The van der Waals surface area contributed by atoms with Crippen molar-refractivity contribution in [2.75, 3.05) is 25.4 Å². The normalized spacial score (nSPS) is 21.9. The minimum Gasteiger partial charge on any atom is -0.399 e. The summed E-state index contributed by atoms with van der Waals surface area (Å²) in [6, 6.07) is 7.19. The molecule has 5 N–H and O–H groups in total. The summed E-state index contributed by atoms with van der Waals surface area (Å²) < 4.78 is 0. The highest BCUT2D eigenvalue weighted by molar-refractivity contribution is 5.77. The van der Waals surface area contributed by atoms with Gasteiger partial charge in [-0.1, -0.05) is 12.1 Å². The minimum atomic E-state index is -0.558. The van der Waals surface area contributed by atoms with E-state index >= 15 is 0 Å². The molecule has 0 radical (unpaired) electrons. The standard InChI is InChI=1S/C13H19N3O2/c14-11-3-1-9(2-4-11)12(17)8-16-6-5-10(7-16)13(15)18/h1-4,10,12,17H,5-8,14H2,(H2,15,18). The molecule has 0 aromatic heterocycles. The van der Waals surface area contributed by atoms with Crippen molar-refractivity contribution in [1.82, 2.24) is 4.90 Å². The largest absolute Gasteiger partial charge is 0.399 e. The van der Waals surface area contributed by atoms with Crippen LogP contribution in [0.4, 0.5) is 5.69 Å². The Bertz CT molecular complexity index is 419. The number of nitrogen functional groups attached to an aromatic ring is 1. The highest BCUT2D eigenvalue weighted by Gasteiger charge is 2.27. The fraction of sp³-hybridized carbons (Fsp3) is 0.462. The quantitative estimate of drug-likeness (QED) is 0.660. The van der Waals surface area contributed by atoms with Crippen molar-refractivity contribution < 1.29 is 9.90 Å². The van der Waals surface area contributed by atoms with Gasteiger partial charge >= 0.3 is 0 Å². The predicted octanol–water partition coefficient (Wildman–Crippen LogP) is 0.109. The number of aliphatic hydroxyl groups excluding tert-OH is 1. The molecule has 1 aliphatic rings.